The van der Waals surface area contributed by atoms with E-state index in [0.29, 0.717) is 9.90 Å². The molecular formula is C10H7BrClN3O2S. The van der Waals surface area contributed by atoms with Crippen LogP contribution in [0, 0.1) is 0 Å². The van der Waals surface area contributed by atoms with Crippen molar-refractivity contribution in [2.45, 2.75) is 0 Å². The molecule has 0 aliphatic rings. The first-order valence-corrected chi connectivity index (χ1v) is 6.75. The van der Waals surface area contributed by atoms with E-state index in [1.165, 1.54) is 23.6 Å². The van der Waals surface area contributed by atoms with E-state index in [9.17, 15) is 9.59 Å². The molecule has 0 spiro atoms. The molecule has 2 amide bonds. The predicted molar refractivity (Wildman–Crippen MR) is 72.8 cm³/mol. The summed E-state index contributed by atoms with van der Waals surface area (Å²) in [6.45, 7) is 0. The van der Waals surface area contributed by atoms with Gasteiger partial charge in [-0.2, -0.15) is 0 Å². The van der Waals surface area contributed by atoms with Gasteiger partial charge < -0.3 is 4.98 Å². The van der Waals surface area contributed by atoms with Crippen LogP contribution in [0.15, 0.2) is 28.2 Å². The van der Waals surface area contributed by atoms with Crippen LogP contribution in [0.2, 0.25) is 5.02 Å². The van der Waals surface area contributed by atoms with Crippen LogP contribution in [0.25, 0.3) is 0 Å². The maximum atomic E-state index is 11.6. The lowest BCUT2D eigenvalue weighted by Crippen LogP contribution is -2.41. The monoisotopic (exact) mass is 347 g/mol. The van der Waals surface area contributed by atoms with Gasteiger partial charge in [0.15, 0.2) is 0 Å². The summed E-state index contributed by atoms with van der Waals surface area (Å²) in [5, 5.41) is 0.425. The number of H-pyrrole nitrogens is 1. The number of carbonyl (C=O) groups excluding carboxylic acids is 2. The Bertz CT molecular complexity index is 543. The third-order valence-corrected chi connectivity index (χ3v) is 3.82. The molecule has 0 aliphatic carbocycles. The fourth-order valence-electron chi connectivity index (χ4n) is 1.18. The molecule has 3 N–H and O–H groups in total. The number of amides is 2. The Kier molecular flexibility index (Phi) is 4.05. The van der Waals surface area contributed by atoms with Crippen molar-refractivity contribution in [3.63, 3.8) is 0 Å². The number of aromatic amines is 1. The van der Waals surface area contributed by atoms with Crippen molar-refractivity contribution in [2.75, 3.05) is 0 Å². The van der Waals surface area contributed by atoms with Crippen LogP contribution in [-0.2, 0) is 0 Å². The molecule has 0 fully saturated rings. The fraction of sp³-hybridized carbons (Fsp3) is 0. The standard InChI is InChI=1S/C10H7BrClN3O2S/c11-8-2-1-7(18-8)10(17)15-14-9(16)6-3-5(12)4-13-6/h1-4,13H,(H,14,16)(H,15,17). The molecule has 0 aliphatic heterocycles. The van der Waals surface area contributed by atoms with E-state index in [1.54, 1.807) is 12.1 Å². The van der Waals surface area contributed by atoms with Gasteiger partial charge in [0.2, 0.25) is 0 Å². The van der Waals surface area contributed by atoms with Crippen LogP contribution in [-0.4, -0.2) is 16.8 Å². The highest BCUT2D eigenvalue weighted by atomic mass is 79.9. The lowest BCUT2D eigenvalue weighted by Gasteiger charge is -2.04. The van der Waals surface area contributed by atoms with E-state index in [2.05, 4.69) is 31.8 Å². The zero-order valence-corrected chi connectivity index (χ0v) is 11.9. The summed E-state index contributed by atoms with van der Waals surface area (Å²) < 4.78 is 0.843. The zero-order chi connectivity index (χ0) is 13.1. The van der Waals surface area contributed by atoms with E-state index < -0.39 is 5.91 Å². The van der Waals surface area contributed by atoms with E-state index in [4.69, 9.17) is 11.6 Å². The minimum Gasteiger partial charge on any atom is -0.356 e. The van der Waals surface area contributed by atoms with Crippen LogP contribution < -0.4 is 10.9 Å². The number of halogens is 2. The van der Waals surface area contributed by atoms with Gasteiger partial charge in [0.1, 0.15) is 5.69 Å². The molecule has 2 aromatic heterocycles. The van der Waals surface area contributed by atoms with Crippen LogP contribution in [0.5, 0.6) is 0 Å². The highest BCUT2D eigenvalue weighted by molar-refractivity contribution is 9.11. The largest absolute Gasteiger partial charge is 0.356 e. The lowest BCUT2D eigenvalue weighted by atomic mass is 10.4. The Morgan fingerprint density at radius 3 is 2.56 bits per heavy atom. The van der Waals surface area contributed by atoms with Gasteiger partial charge in [-0.15, -0.1) is 11.3 Å². The molecule has 8 heteroatoms. The molecule has 0 unspecified atom stereocenters. The number of rotatable bonds is 2. The van der Waals surface area contributed by atoms with E-state index in [1.807, 2.05) is 0 Å². The minimum absolute atomic E-state index is 0.271. The summed E-state index contributed by atoms with van der Waals surface area (Å²) in [6.07, 6.45) is 1.48. The number of hydrogen-bond donors (Lipinski definition) is 3. The quantitative estimate of drug-likeness (QED) is 0.730. The molecule has 94 valence electrons. The van der Waals surface area contributed by atoms with Gasteiger partial charge >= 0.3 is 0 Å². The number of thiophene rings is 1. The number of hydrazine groups is 1. The van der Waals surface area contributed by atoms with Crippen molar-refractivity contribution in [1.29, 1.82) is 0 Å². The van der Waals surface area contributed by atoms with Gasteiger partial charge in [-0.1, -0.05) is 11.6 Å². The van der Waals surface area contributed by atoms with Gasteiger partial charge in [-0.3, -0.25) is 20.4 Å². The van der Waals surface area contributed by atoms with Crippen LogP contribution >= 0.6 is 38.9 Å². The summed E-state index contributed by atoms with van der Waals surface area (Å²) in [7, 11) is 0. The van der Waals surface area contributed by atoms with Crippen LogP contribution in [0.4, 0.5) is 0 Å². The van der Waals surface area contributed by atoms with Gasteiger partial charge in [-0.25, -0.2) is 0 Å². The molecule has 0 saturated heterocycles. The summed E-state index contributed by atoms with van der Waals surface area (Å²) in [6, 6.07) is 4.87. The molecule has 2 aromatic rings. The molecule has 2 heterocycles. The smallest absolute Gasteiger partial charge is 0.286 e. The molecule has 0 atom stereocenters. The van der Waals surface area contributed by atoms with Gasteiger partial charge in [0, 0.05) is 6.20 Å². The second-order valence-electron chi connectivity index (χ2n) is 3.24. The molecule has 2 rings (SSSR count). The van der Waals surface area contributed by atoms with E-state index in [0.717, 1.165) is 3.79 Å². The topological polar surface area (TPSA) is 74.0 Å². The Morgan fingerprint density at radius 2 is 2.00 bits per heavy atom. The minimum atomic E-state index is -0.467. The highest BCUT2D eigenvalue weighted by Crippen LogP contribution is 2.21. The van der Waals surface area contributed by atoms with E-state index >= 15 is 0 Å². The summed E-state index contributed by atoms with van der Waals surface area (Å²) >= 11 is 10.2. The Labute approximate surface area is 120 Å². The number of carbonyl (C=O) groups is 2. The first-order valence-electron chi connectivity index (χ1n) is 4.76. The molecule has 18 heavy (non-hydrogen) atoms. The first-order chi connectivity index (χ1) is 8.56. The highest BCUT2D eigenvalue weighted by Gasteiger charge is 2.11. The Morgan fingerprint density at radius 1 is 1.28 bits per heavy atom. The van der Waals surface area contributed by atoms with Crippen molar-refractivity contribution >= 4 is 50.7 Å². The second kappa shape index (κ2) is 5.55. The molecule has 0 aromatic carbocycles. The van der Waals surface area contributed by atoms with Crippen molar-refractivity contribution in [2.24, 2.45) is 0 Å². The van der Waals surface area contributed by atoms with Crippen molar-refractivity contribution in [1.82, 2.24) is 15.8 Å². The van der Waals surface area contributed by atoms with Crippen LogP contribution in [0.1, 0.15) is 20.2 Å². The number of hydrogen-bond acceptors (Lipinski definition) is 3. The molecule has 5 nitrogen and oxygen atoms in total. The van der Waals surface area contributed by atoms with Gasteiger partial charge in [0.05, 0.1) is 13.7 Å². The summed E-state index contributed by atoms with van der Waals surface area (Å²) in [5.74, 6) is -0.845. The second-order valence-corrected chi connectivity index (χ2v) is 6.14. The van der Waals surface area contributed by atoms with Crippen molar-refractivity contribution in [3.8, 4) is 0 Å². The van der Waals surface area contributed by atoms with Crippen molar-refractivity contribution < 1.29 is 9.59 Å². The Hall–Kier alpha value is -1.31. The number of aromatic nitrogens is 1. The average molecular weight is 349 g/mol. The Balaban J connectivity index is 1.92. The first kappa shape index (κ1) is 13.1. The van der Waals surface area contributed by atoms with Crippen molar-refractivity contribution in [3.05, 3.63) is 43.8 Å². The molecular weight excluding hydrogens is 342 g/mol. The third-order valence-electron chi connectivity index (χ3n) is 1.98. The van der Waals surface area contributed by atoms with Gasteiger partial charge in [-0.05, 0) is 34.1 Å². The summed E-state index contributed by atoms with van der Waals surface area (Å²) in [5.41, 5.74) is 4.86. The van der Waals surface area contributed by atoms with Crippen LogP contribution in [0.3, 0.4) is 0 Å². The lowest BCUT2D eigenvalue weighted by molar-refractivity contribution is 0.0846. The zero-order valence-electron chi connectivity index (χ0n) is 8.79. The average Bonchev–Trinajstić information content (AvgIpc) is 2.94. The molecule has 0 bridgehead atoms. The third kappa shape index (κ3) is 3.12. The molecule has 0 saturated carbocycles. The SMILES string of the molecule is O=C(NNC(=O)c1ccc(Br)s1)c1cc(Cl)c[nH]1. The normalized spacial score (nSPS) is 10.1. The maximum absolute atomic E-state index is 11.6. The molecule has 0 radical (unpaired) electrons. The number of nitrogens with one attached hydrogen (secondary N) is 3. The predicted octanol–water partition coefficient (Wildman–Crippen LogP) is 2.57. The maximum Gasteiger partial charge on any atom is 0.286 e. The van der Waals surface area contributed by atoms with E-state index in [-0.39, 0.29) is 11.6 Å². The van der Waals surface area contributed by atoms with Gasteiger partial charge in [0.25, 0.3) is 11.8 Å². The fourth-order valence-corrected chi connectivity index (χ4v) is 2.62. The summed E-state index contributed by atoms with van der Waals surface area (Å²) in [4.78, 5) is 26.4.